The molecule has 0 radical (unpaired) electrons. The van der Waals surface area contributed by atoms with Gasteiger partial charge in [-0.25, -0.2) is 0 Å². The number of ether oxygens (including phenoxy) is 1. The van der Waals surface area contributed by atoms with Crippen molar-refractivity contribution in [1.29, 1.82) is 0 Å². The summed E-state index contributed by atoms with van der Waals surface area (Å²) in [5, 5.41) is 13.7. The standard InChI is InChI=1S/C17H26F2N2O2/c1-3-21-9-8-15(12(2)11-21)20-10-16(22)13-4-6-14(7-5-13)23-17(18)19/h4-7,12,15-17,20,22H,3,8-11H2,1-2H3. The number of likely N-dealkylation sites (tertiary alicyclic amines) is 1. The van der Waals surface area contributed by atoms with Crippen LogP contribution in [0.4, 0.5) is 8.78 Å². The van der Waals surface area contributed by atoms with E-state index < -0.39 is 12.7 Å². The highest BCUT2D eigenvalue weighted by Gasteiger charge is 2.25. The second-order valence-corrected chi connectivity index (χ2v) is 6.14. The summed E-state index contributed by atoms with van der Waals surface area (Å²) in [4.78, 5) is 2.43. The summed E-state index contributed by atoms with van der Waals surface area (Å²) in [6.07, 6.45) is 0.412. The van der Waals surface area contributed by atoms with Gasteiger partial charge in [0.15, 0.2) is 0 Å². The molecule has 1 aliphatic heterocycles. The predicted octanol–water partition coefficient (Wildman–Crippen LogP) is 2.64. The maximum absolute atomic E-state index is 12.1. The molecular formula is C17H26F2N2O2. The lowest BCUT2D eigenvalue weighted by atomic mass is 9.93. The maximum atomic E-state index is 12.1. The summed E-state index contributed by atoms with van der Waals surface area (Å²) in [6, 6.07) is 6.54. The summed E-state index contributed by atoms with van der Waals surface area (Å²) >= 11 is 0. The molecule has 3 unspecified atom stereocenters. The van der Waals surface area contributed by atoms with Gasteiger partial charge in [0.1, 0.15) is 5.75 Å². The first-order valence-corrected chi connectivity index (χ1v) is 8.18. The van der Waals surface area contributed by atoms with Crippen molar-refractivity contribution in [2.24, 2.45) is 5.92 Å². The van der Waals surface area contributed by atoms with Crippen LogP contribution in [0, 0.1) is 5.92 Å². The Labute approximate surface area is 136 Å². The van der Waals surface area contributed by atoms with E-state index >= 15 is 0 Å². The molecule has 6 heteroatoms. The molecule has 2 rings (SSSR count). The molecule has 23 heavy (non-hydrogen) atoms. The zero-order valence-corrected chi connectivity index (χ0v) is 13.7. The topological polar surface area (TPSA) is 44.7 Å². The van der Waals surface area contributed by atoms with Crippen LogP contribution in [-0.4, -0.2) is 48.8 Å². The lowest BCUT2D eigenvalue weighted by Gasteiger charge is -2.37. The summed E-state index contributed by atoms with van der Waals surface area (Å²) < 4.78 is 28.5. The quantitative estimate of drug-likeness (QED) is 0.808. The number of hydrogen-bond donors (Lipinski definition) is 2. The van der Waals surface area contributed by atoms with Gasteiger partial charge >= 0.3 is 6.61 Å². The van der Waals surface area contributed by atoms with Crippen molar-refractivity contribution in [2.75, 3.05) is 26.2 Å². The van der Waals surface area contributed by atoms with E-state index in [4.69, 9.17) is 0 Å². The van der Waals surface area contributed by atoms with Gasteiger partial charge in [-0.2, -0.15) is 8.78 Å². The zero-order valence-electron chi connectivity index (χ0n) is 13.7. The molecule has 0 bridgehead atoms. The Bertz CT molecular complexity index is 470. The highest BCUT2D eigenvalue weighted by molar-refractivity contribution is 5.28. The third-order valence-electron chi connectivity index (χ3n) is 4.50. The lowest BCUT2D eigenvalue weighted by Crippen LogP contribution is -2.49. The molecule has 130 valence electrons. The fourth-order valence-electron chi connectivity index (χ4n) is 3.07. The predicted molar refractivity (Wildman–Crippen MR) is 85.7 cm³/mol. The smallest absolute Gasteiger partial charge is 0.387 e. The number of halogens is 2. The fraction of sp³-hybridized carbons (Fsp3) is 0.647. The molecule has 0 aromatic heterocycles. The molecule has 1 fully saturated rings. The van der Waals surface area contributed by atoms with Crippen molar-refractivity contribution in [3.05, 3.63) is 29.8 Å². The van der Waals surface area contributed by atoms with Crippen molar-refractivity contribution in [1.82, 2.24) is 10.2 Å². The summed E-state index contributed by atoms with van der Waals surface area (Å²) in [5.41, 5.74) is 0.692. The van der Waals surface area contributed by atoms with E-state index in [1.165, 1.54) is 12.1 Å². The van der Waals surface area contributed by atoms with Gasteiger partial charge in [-0.15, -0.1) is 0 Å². The number of alkyl halides is 2. The Kier molecular flexibility index (Phi) is 6.74. The highest BCUT2D eigenvalue weighted by atomic mass is 19.3. The largest absolute Gasteiger partial charge is 0.435 e. The summed E-state index contributed by atoms with van der Waals surface area (Å²) in [7, 11) is 0. The number of rotatable bonds is 7. The normalized spacial score (nSPS) is 23.9. The van der Waals surface area contributed by atoms with Gasteiger partial charge in [-0.3, -0.25) is 0 Å². The van der Waals surface area contributed by atoms with E-state index in [2.05, 4.69) is 28.8 Å². The number of benzene rings is 1. The van der Waals surface area contributed by atoms with Crippen LogP contribution in [0.2, 0.25) is 0 Å². The molecule has 0 spiro atoms. The van der Waals surface area contributed by atoms with E-state index in [1.807, 2.05) is 0 Å². The Morgan fingerprint density at radius 3 is 2.61 bits per heavy atom. The summed E-state index contributed by atoms with van der Waals surface area (Å²) in [5.74, 6) is 0.641. The van der Waals surface area contributed by atoms with E-state index in [9.17, 15) is 13.9 Å². The molecule has 3 atom stereocenters. The molecule has 1 saturated heterocycles. The van der Waals surface area contributed by atoms with E-state index in [-0.39, 0.29) is 5.75 Å². The molecule has 1 heterocycles. The highest BCUT2D eigenvalue weighted by Crippen LogP contribution is 2.21. The van der Waals surface area contributed by atoms with E-state index in [1.54, 1.807) is 12.1 Å². The van der Waals surface area contributed by atoms with E-state index in [0.29, 0.717) is 24.1 Å². The van der Waals surface area contributed by atoms with Crippen molar-refractivity contribution in [3.8, 4) is 5.75 Å². The van der Waals surface area contributed by atoms with Crippen LogP contribution >= 0.6 is 0 Å². The summed E-state index contributed by atoms with van der Waals surface area (Å²) in [6.45, 7) is 5.25. The van der Waals surface area contributed by atoms with Gasteiger partial charge in [-0.1, -0.05) is 26.0 Å². The minimum atomic E-state index is -2.83. The van der Waals surface area contributed by atoms with Crippen LogP contribution in [0.25, 0.3) is 0 Å². The molecule has 1 aromatic rings. The first kappa shape index (κ1) is 18.1. The van der Waals surface area contributed by atoms with Crippen molar-refractivity contribution >= 4 is 0 Å². The van der Waals surface area contributed by atoms with Crippen molar-refractivity contribution in [3.63, 3.8) is 0 Å². The molecule has 0 aliphatic carbocycles. The maximum Gasteiger partial charge on any atom is 0.387 e. The Morgan fingerprint density at radius 2 is 2.04 bits per heavy atom. The molecule has 4 nitrogen and oxygen atoms in total. The number of hydrogen-bond acceptors (Lipinski definition) is 4. The molecule has 0 amide bonds. The Balaban J connectivity index is 1.81. The monoisotopic (exact) mass is 328 g/mol. The van der Waals surface area contributed by atoms with Crippen LogP contribution in [0.1, 0.15) is 31.9 Å². The van der Waals surface area contributed by atoms with Crippen LogP contribution in [0.15, 0.2) is 24.3 Å². The van der Waals surface area contributed by atoms with Gasteiger partial charge in [-0.05, 0) is 43.1 Å². The van der Waals surface area contributed by atoms with Gasteiger partial charge in [0, 0.05) is 19.1 Å². The van der Waals surface area contributed by atoms with Gasteiger partial charge in [0.25, 0.3) is 0 Å². The van der Waals surface area contributed by atoms with Crippen molar-refractivity contribution < 1.29 is 18.6 Å². The first-order chi connectivity index (χ1) is 11.0. The molecular weight excluding hydrogens is 302 g/mol. The third-order valence-corrected chi connectivity index (χ3v) is 4.50. The minimum absolute atomic E-state index is 0.101. The van der Waals surface area contributed by atoms with E-state index in [0.717, 1.165) is 26.1 Å². The average Bonchev–Trinajstić information content (AvgIpc) is 2.53. The van der Waals surface area contributed by atoms with Crippen LogP contribution in [0.5, 0.6) is 5.75 Å². The Hall–Kier alpha value is -1.24. The minimum Gasteiger partial charge on any atom is -0.435 e. The fourth-order valence-corrected chi connectivity index (χ4v) is 3.07. The van der Waals surface area contributed by atoms with Crippen molar-refractivity contribution in [2.45, 2.75) is 39.0 Å². The second-order valence-electron chi connectivity index (χ2n) is 6.14. The zero-order chi connectivity index (χ0) is 16.8. The second kappa shape index (κ2) is 8.57. The number of piperidine rings is 1. The van der Waals surface area contributed by atoms with Crippen LogP contribution in [0.3, 0.4) is 0 Å². The molecule has 2 N–H and O–H groups in total. The lowest BCUT2D eigenvalue weighted by molar-refractivity contribution is -0.0498. The Morgan fingerprint density at radius 1 is 1.35 bits per heavy atom. The average molecular weight is 328 g/mol. The number of aliphatic hydroxyl groups excluding tert-OH is 1. The molecule has 1 aliphatic rings. The molecule has 1 aromatic carbocycles. The first-order valence-electron chi connectivity index (χ1n) is 8.18. The SMILES string of the molecule is CCN1CCC(NCC(O)c2ccc(OC(F)F)cc2)C(C)C1. The van der Waals surface area contributed by atoms with Gasteiger partial charge < -0.3 is 20.1 Å². The number of nitrogens with one attached hydrogen (secondary N) is 1. The number of nitrogens with zero attached hydrogens (tertiary/aromatic N) is 1. The van der Waals surface area contributed by atoms with Gasteiger partial charge in [0.2, 0.25) is 0 Å². The number of aliphatic hydroxyl groups is 1. The van der Waals surface area contributed by atoms with Crippen LogP contribution in [-0.2, 0) is 0 Å². The third kappa shape index (κ3) is 5.41. The van der Waals surface area contributed by atoms with Crippen LogP contribution < -0.4 is 10.1 Å². The molecule has 0 saturated carbocycles. The van der Waals surface area contributed by atoms with Gasteiger partial charge in [0.05, 0.1) is 6.10 Å².